The number of halogens is 2. The second kappa shape index (κ2) is 5.12. The average Bonchev–Trinajstić information content (AvgIpc) is 2.41. The highest BCUT2D eigenvalue weighted by Gasteiger charge is 2.06. The summed E-state index contributed by atoms with van der Waals surface area (Å²) in [6.45, 7) is 0. The fourth-order valence-corrected chi connectivity index (χ4v) is 1.76. The van der Waals surface area contributed by atoms with Crippen LogP contribution in [0.5, 0.6) is 5.75 Å². The largest absolute Gasteiger partial charge is 0.497 e. The zero-order valence-electron chi connectivity index (χ0n) is 9.71. The van der Waals surface area contributed by atoms with Crippen molar-refractivity contribution in [2.75, 3.05) is 7.11 Å². The molecule has 0 fully saturated rings. The Balaban J connectivity index is 2.56. The van der Waals surface area contributed by atoms with Gasteiger partial charge in [-0.2, -0.15) is 0 Å². The number of ether oxygens (including phenoxy) is 1. The molecular weight excluding hydrogens is 251 g/mol. The van der Waals surface area contributed by atoms with Gasteiger partial charge in [0.1, 0.15) is 11.6 Å². The Morgan fingerprint density at radius 2 is 1.94 bits per heavy atom. The van der Waals surface area contributed by atoms with Gasteiger partial charge in [0.25, 0.3) is 0 Å². The SMILES string of the molecule is C#Cc1cc(OC)cc(-c2ccc(Cl)c(F)c2)c1. The zero-order chi connectivity index (χ0) is 13.1. The molecule has 1 nitrogen and oxygen atoms in total. The Kier molecular flexibility index (Phi) is 3.55. The molecule has 0 saturated heterocycles. The first kappa shape index (κ1) is 12.5. The molecule has 0 saturated carbocycles. The molecule has 3 heteroatoms. The van der Waals surface area contributed by atoms with Gasteiger partial charge >= 0.3 is 0 Å². The summed E-state index contributed by atoms with van der Waals surface area (Å²) in [6, 6.07) is 9.96. The Morgan fingerprint density at radius 1 is 1.17 bits per heavy atom. The Morgan fingerprint density at radius 3 is 2.56 bits per heavy atom. The van der Waals surface area contributed by atoms with Gasteiger partial charge in [-0.1, -0.05) is 23.6 Å². The van der Waals surface area contributed by atoms with Crippen molar-refractivity contribution in [3.63, 3.8) is 0 Å². The van der Waals surface area contributed by atoms with Crippen molar-refractivity contribution in [3.05, 3.63) is 52.8 Å². The molecule has 0 aliphatic carbocycles. The molecule has 0 N–H and O–H groups in total. The fourth-order valence-electron chi connectivity index (χ4n) is 1.64. The quantitative estimate of drug-likeness (QED) is 0.738. The van der Waals surface area contributed by atoms with E-state index in [0.29, 0.717) is 16.9 Å². The van der Waals surface area contributed by atoms with E-state index >= 15 is 0 Å². The lowest BCUT2D eigenvalue weighted by molar-refractivity contribution is 0.415. The van der Waals surface area contributed by atoms with Crippen LogP contribution in [-0.4, -0.2) is 7.11 Å². The molecule has 0 aromatic heterocycles. The molecule has 0 unspecified atom stereocenters. The molecule has 0 aliphatic heterocycles. The highest BCUT2D eigenvalue weighted by Crippen LogP contribution is 2.28. The van der Waals surface area contributed by atoms with Gasteiger partial charge in [-0.05, 0) is 41.5 Å². The third-order valence-electron chi connectivity index (χ3n) is 2.56. The molecule has 2 aromatic carbocycles. The van der Waals surface area contributed by atoms with Crippen molar-refractivity contribution in [2.45, 2.75) is 0 Å². The van der Waals surface area contributed by atoms with E-state index in [1.807, 2.05) is 0 Å². The maximum atomic E-state index is 13.4. The van der Waals surface area contributed by atoms with Gasteiger partial charge in [0.2, 0.25) is 0 Å². The van der Waals surface area contributed by atoms with E-state index in [2.05, 4.69) is 5.92 Å². The van der Waals surface area contributed by atoms with Crippen molar-refractivity contribution < 1.29 is 9.13 Å². The third-order valence-corrected chi connectivity index (χ3v) is 2.87. The van der Waals surface area contributed by atoms with E-state index in [1.54, 1.807) is 31.4 Å². The minimum atomic E-state index is -0.459. The van der Waals surface area contributed by atoms with E-state index < -0.39 is 5.82 Å². The first-order valence-electron chi connectivity index (χ1n) is 5.25. The summed E-state index contributed by atoms with van der Waals surface area (Å²) in [6.07, 6.45) is 5.37. The van der Waals surface area contributed by atoms with E-state index in [9.17, 15) is 4.39 Å². The Labute approximate surface area is 110 Å². The van der Waals surface area contributed by atoms with Crippen molar-refractivity contribution >= 4 is 11.6 Å². The van der Waals surface area contributed by atoms with Crippen LogP contribution < -0.4 is 4.74 Å². The number of benzene rings is 2. The maximum Gasteiger partial charge on any atom is 0.142 e. The second-order valence-electron chi connectivity index (χ2n) is 3.72. The topological polar surface area (TPSA) is 9.23 Å². The number of hydrogen-bond donors (Lipinski definition) is 0. The summed E-state index contributed by atoms with van der Waals surface area (Å²) in [5.74, 6) is 2.71. The smallest absolute Gasteiger partial charge is 0.142 e. The van der Waals surface area contributed by atoms with E-state index in [4.69, 9.17) is 22.8 Å². The summed E-state index contributed by atoms with van der Waals surface area (Å²) in [5, 5.41) is 0.0961. The number of hydrogen-bond acceptors (Lipinski definition) is 1. The highest BCUT2D eigenvalue weighted by molar-refractivity contribution is 6.30. The van der Waals surface area contributed by atoms with Crippen molar-refractivity contribution in [3.8, 4) is 29.2 Å². The molecule has 2 aromatic rings. The standard InChI is InChI=1S/C15H10ClFO/c1-3-10-6-12(8-13(7-10)18-2)11-4-5-14(16)15(17)9-11/h1,4-9H,2H3. The molecule has 90 valence electrons. The minimum Gasteiger partial charge on any atom is -0.497 e. The van der Waals surface area contributed by atoms with Gasteiger partial charge < -0.3 is 4.74 Å². The van der Waals surface area contributed by atoms with Crippen LogP contribution in [0.2, 0.25) is 5.02 Å². The van der Waals surface area contributed by atoms with Gasteiger partial charge in [0, 0.05) is 5.56 Å². The minimum absolute atomic E-state index is 0.0961. The monoisotopic (exact) mass is 260 g/mol. The van der Waals surface area contributed by atoms with Crippen molar-refractivity contribution in [2.24, 2.45) is 0 Å². The van der Waals surface area contributed by atoms with Crippen LogP contribution in [0.4, 0.5) is 4.39 Å². The average molecular weight is 261 g/mol. The van der Waals surface area contributed by atoms with E-state index in [-0.39, 0.29) is 5.02 Å². The lowest BCUT2D eigenvalue weighted by atomic mass is 10.0. The lowest BCUT2D eigenvalue weighted by Gasteiger charge is -2.07. The third kappa shape index (κ3) is 2.47. The first-order valence-corrected chi connectivity index (χ1v) is 5.63. The van der Waals surface area contributed by atoms with Crippen LogP contribution in [0.3, 0.4) is 0 Å². The second-order valence-corrected chi connectivity index (χ2v) is 4.13. The normalized spacial score (nSPS) is 9.89. The van der Waals surface area contributed by atoms with Crippen LogP contribution >= 0.6 is 11.6 Å². The number of terminal acetylenes is 1. The van der Waals surface area contributed by atoms with Crippen LogP contribution in [-0.2, 0) is 0 Å². The Bertz CT molecular complexity index is 629. The molecule has 0 atom stereocenters. The molecular formula is C15H10ClFO. The summed E-state index contributed by atoms with van der Waals surface area (Å²) in [5.41, 5.74) is 2.17. The van der Waals surface area contributed by atoms with Gasteiger partial charge in [-0.3, -0.25) is 0 Å². The fraction of sp³-hybridized carbons (Fsp3) is 0.0667. The molecule has 0 radical (unpaired) electrons. The van der Waals surface area contributed by atoms with Crippen LogP contribution in [0.15, 0.2) is 36.4 Å². The molecule has 18 heavy (non-hydrogen) atoms. The van der Waals surface area contributed by atoms with E-state index in [1.165, 1.54) is 12.1 Å². The van der Waals surface area contributed by atoms with Crippen LogP contribution in [0, 0.1) is 18.2 Å². The molecule has 0 aliphatic rings. The first-order chi connectivity index (χ1) is 8.63. The highest BCUT2D eigenvalue weighted by atomic mass is 35.5. The molecule has 0 amide bonds. The van der Waals surface area contributed by atoms with Crippen molar-refractivity contribution in [1.82, 2.24) is 0 Å². The van der Waals surface area contributed by atoms with Gasteiger partial charge in [-0.15, -0.1) is 6.42 Å². The summed E-state index contributed by atoms with van der Waals surface area (Å²) >= 11 is 5.65. The zero-order valence-corrected chi connectivity index (χ0v) is 10.5. The molecule has 0 heterocycles. The van der Waals surface area contributed by atoms with Gasteiger partial charge in [-0.25, -0.2) is 4.39 Å². The van der Waals surface area contributed by atoms with E-state index in [0.717, 1.165) is 5.56 Å². The summed E-state index contributed by atoms with van der Waals surface area (Å²) in [4.78, 5) is 0. The molecule has 0 spiro atoms. The predicted molar refractivity (Wildman–Crippen MR) is 71.3 cm³/mol. The molecule has 0 bridgehead atoms. The predicted octanol–water partition coefficient (Wildman–Crippen LogP) is 4.14. The van der Waals surface area contributed by atoms with Gasteiger partial charge in [0.15, 0.2) is 0 Å². The van der Waals surface area contributed by atoms with Crippen LogP contribution in [0.1, 0.15) is 5.56 Å². The molecule has 2 rings (SSSR count). The Hall–Kier alpha value is -1.98. The van der Waals surface area contributed by atoms with Gasteiger partial charge in [0.05, 0.1) is 12.1 Å². The lowest BCUT2D eigenvalue weighted by Crippen LogP contribution is -1.88. The maximum absolute atomic E-state index is 13.4. The van der Waals surface area contributed by atoms with Crippen molar-refractivity contribution in [1.29, 1.82) is 0 Å². The van der Waals surface area contributed by atoms with Crippen LogP contribution in [0.25, 0.3) is 11.1 Å². The number of methoxy groups -OCH3 is 1. The summed E-state index contributed by atoms with van der Waals surface area (Å²) < 4.78 is 18.6. The number of rotatable bonds is 2. The summed E-state index contributed by atoms with van der Waals surface area (Å²) in [7, 11) is 1.56.